The van der Waals surface area contributed by atoms with Gasteiger partial charge in [-0.25, -0.2) is 4.79 Å². The van der Waals surface area contributed by atoms with Crippen LogP contribution >= 0.6 is 0 Å². The van der Waals surface area contributed by atoms with Crippen LogP contribution in [0.1, 0.15) is 41.4 Å². The molecular weight excluding hydrogens is 390 g/mol. The Labute approximate surface area is 182 Å². The van der Waals surface area contributed by atoms with Gasteiger partial charge in [0.25, 0.3) is 5.91 Å². The molecule has 0 aliphatic carbocycles. The molecule has 3 rings (SSSR count). The van der Waals surface area contributed by atoms with E-state index in [1.54, 1.807) is 22.8 Å². The first-order valence-electron chi connectivity index (χ1n) is 10.4. The van der Waals surface area contributed by atoms with Gasteiger partial charge < -0.3 is 9.47 Å². The van der Waals surface area contributed by atoms with Crippen molar-refractivity contribution in [2.75, 3.05) is 13.2 Å². The minimum absolute atomic E-state index is 0.112. The van der Waals surface area contributed by atoms with Gasteiger partial charge in [0.2, 0.25) is 0 Å². The molecule has 3 aromatic rings. The van der Waals surface area contributed by atoms with E-state index in [9.17, 15) is 9.59 Å². The highest BCUT2D eigenvalue weighted by atomic mass is 16.5. The van der Waals surface area contributed by atoms with E-state index in [2.05, 4.69) is 13.5 Å². The van der Waals surface area contributed by atoms with Crippen LogP contribution in [-0.2, 0) is 9.53 Å². The fourth-order valence-corrected chi connectivity index (χ4v) is 3.31. The Balaban J connectivity index is 1.86. The summed E-state index contributed by atoms with van der Waals surface area (Å²) in [5, 5.41) is 0.889. The summed E-state index contributed by atoms with van der Waals surface area (Å²) < 4.78 is 12.4. The molecule has 0 fully saturated rings. The van der Waals surface area contributed by atoms with Gasteiger partial charge >= 0.3 is 5.97 Å². The smallest absolute Gasteiger partial charge is 0.331 e. The number of carbonyl (C=O) groups is 2. The summed E-state index contributed by atoms with van der Waals surface area (Å²) in [6, 6.07) is 14.8. The van der Waals surface area contributed by atoms with E-state index in [1.807, 2.05) is 43.3 Å². The van der Waals surface area contributed by atoms with Crippen LogP contribution < -0.4 is 4.74 Å². The monoisotopic (exact) mass is 417 g/mol. The molecule has 31 heavy (non-hydrogen) atoms. The van der Waals surface area contributed by atoms with E-state index in [0.29, 0.717) is 12.2 Å². The third kappa shape index (κ3) is 5.31. The highest BCUT2D eigenvalue weighted by molar-refractivity contribution is 6.05. The third-order valence-electron chi connectivity index (χ3n) is 4.88. The van der Waals surface area contributed by atoms with E-state index in [4.69, 9.17) is 9.47 Å². The first-order valence-corrected chi connectivity index (χ1v) is 10.4. The minimum Gasteiger partial charge on any atom is -0.494 e. The molecule has 2 aromatic carbocycles. The second-order valence-electron chi connectivity index (χ2n) is 7.18. The Morgan fingerprint density at radius 3 is 2.61 bits per heavy atom. The second kappa shape index (κ2) is 10.4. The van der Waals surface area contributed by atoms with Crippen LogP contribution in [0.5, 0.6) is 5.75 Å². The summed E-state index contributed by atoms with van der Waals surface area (Å²) >= 11 is 0. The number of hydrogen-bond donors (Lipinski definition) is 0. The van der Waals surface area contributed by atoms with Crippen molar-refractivity contribution in [3.8, 4) is 5.75 Å². The maximum absolute atomic E-state index is 13.2. The number of ether oxygens (including phenoxy) is 2. The molecule has 1 heterocycles. The molecule has 0 bridgehead atoms. The summed E-state index contributed by atoms with van der Waals surface area (Å²) in [6.07, 6.45) is 6.67. The van der Waals surface area contributed by atoms with Gasteiger partial charge in [-0.2, -0.15) is 0 Å². The van der Waals surface area contributed by atoms with Gasteiger partial charge in [0.1, 0.15) is 12.4 Å². The minimum atomic E-state index is -0.439. The van der Waals surface area contributed by atoms with Gasteiger partial charge in [-0.3, -0.25) is 9.36 Å². The molecule has 0 saturated heterocycles. The molecule has 0 aliphatic heterocycles. The van der Waals surface area contributed by atoms with Gasteiger partial charge in [0.15, 0.2) is 0 Å². The van der Waals surface area contributed by atoms with Gasteiger partial charge in [0.05, 0.1) is 12.1 Å². The fraction of sp³-hybridized carbons (Fsp3) is 0.231. The number of rotatable bonds is 9. The summed E-state index contributed by atoms with van der Waals surface area (Å²) in [5.41, 5.74) is 3.02. The molecule has 1 aromatic heterocycles. The number of fused-ring (bicyclic) bond motifs is 1. The van der Waals surface area contributed by atoms with Crippen LogP contribution in [0.15, 0.2) is 67.3 Å². The lowest BCUT2D eigenvalue weighted by molar-refractivity contribution is -0.136. The Bertz CT molecular complexity index is 1110. The largest absolute Gasteiger partial charge is 0.494 e. The first-order chi connectivity index (χ1) is 15.0. The average Bonchev–Trinajstić information content (AvgIpc) is 3.12. The van der Waals surface area contributed by atoms with Crippen molar-refractivity contribution >= 4 is 28.9 Å². The predicted octanol–water partition coefficient (Wildman–Crippen LogP) is 5.56. The van der Waals surface area contributed by atoms with Crippen molar-refractivity contribution in [2.45, 2.75) is 26.7 Å². The number of aromatic nitrogens is 1. The molecule has 5 nitrogen and oxygen atoms in total. The molecule has 0 saturated carbocycles. The maximum Gasteiger partial charge on any atom is 0.331 e. The SMILES string of the molecule is C=CCOC(=O)C=Cc1cccc2c1cc(C)n2C(=O)c1ccc(OCCCC)cc1. The number of nitrogens with zero attached hydrogens (tertiary/aromatic N) is 1. The molecule has 0 radical (unpaired) electrons. The Kier molecular flexibility index (Phi) is 7.44. The standard InChI is InChI=1S/C26H27NO4/c1-4-6-17-30-22-13-10-21(11-14-22)26(29)27-19(3)18-23-20(8-7-9-24(23)27)12-15-25(28)31-16-5-2/h5,7-15,18H,2,4,6,16-17H2,1,3H3. The number of hydrogen-bond acceptors (Lipinski definition) is 4. The molecule has 0 atom stereocenters. The Hall–Kier alpha value is -3.60. The fourth-order valence-electron chi connectivity index (χ4n) is 3.31. The number of esters is 1. The van der Waals surface area contributed by atoms with E-state index in [0.717, 1.165) is 40.8 Å². The number of carbonyl (C=O) groups excluding carboxylic acids is 2. The van der Waals surface area contributed by atoms with Crippen molar-refractivity contribution in [3.63, 3.8) is 0 Å². The zero-order valence-corrected chi connectivity index (χ0v) is 18.0. The lowest BCUT2D eigenvalue weighted by Crippen LogP contribution is -2.13. The number of unbranched alkanes of at least 4 members (excludes halogenated alkanes) is 1. The summed E-state index contributed by atoms with van der Waals surface area (Å²) in [4.78, 5) is 25.0. The molecule has 0 amide bonds. The topological polar surface area (TPSA) is 57.5 Å². The van der Waals surface area contributed by atoms with E-state index in [1.165, 1.54) is 12.2 Å². The van der Waals surface area contributed by atoms with Crippen LogP contribution in [0, 0.1) is 6.92 Å². The van der Waals surface area contributed by atoms with Crippen LogP contribution in [0.25, 0.3) is 17.0 Å². The highest BCUT2D eigenvalue weighted by Gasteiger charge is 2.16. The predicted molar refractivity (Wildman–Crippen MR) is 123 cm³/mol. The Morgan fingerprint density at radius 2 is 1.90 bits per heavy atom. The van der Waals surface area contributed by atoms with Crippen LogP contribution in [-0.4, -0.2) is 29.7 Å². The van der Waals surface area contributed by atoms with Crippen LogP contribution in [0.3, 0.4) is 0 Å². The zero-order valence-electron chi connectivity index (χ0n) is 18.0. The number of aryl methyl sites for hydroxylation is 1. The van der Waals surface area contributed by atoms with Crippen molar-refractivity contribution in [1.29, 1.82) is 0 Å². The van der Waals surface area contributed by atoms with Crippen molar-refractivity contribution in [3.05, 3.63) is 84.1 Å². The number of benzene rings is 2. The lowest BCUT2D eigenvalue weighted by Gasteiger charge is -2.09. The molecule has 0 aliphatic rings. The maximum atomic E-state index is 13.2. The highest BCUT2D eigenvalue weighted by Crippen LogP contribution is 2.26. The van der Waals surface area contributed by atoms with Crippen LogP contribution in [0.4, 0.5) is 0 Å². The van der Waals surface area contributed by atoms with Gasteiger partial charge in [-0.15, -0.1) is 0 Å². The van der Waals surface area contributed by atoms with E-state index < -0.39 is 5.97 Å². The van der Waals surface area contributed by atoms with Crippen molar-refractivity contribution < 1.29 is 19.1 Å². The van der Waals surface area contributed by atoms with Gasteiger partial charge in [-0.05, 0) is 61.4 Å². The molecule has 0 N–H and O–H groups in total. The zero-order chi connectivity index (χ0) is 22.2. The second-order valence-corrected chi connectivity index (χ2v) is 7.18. The van der Waals surface area contributed by atoms with E-state index in [-0.39, 0.29) is 12.5 Å². The van der Waals surface area contributed by atoms with Crippen LogP contribution in [0.2, 0.25) is 0 Å². The molecule has 0 spiro atoms. The normalized spacial score (nSPS) is 11.0. The Morgan fingerprint density at radius 1 is 1.13 bits per heavy atom. The van der Waals surface area contributed by atoms with Gasteiger partial charge in [0, 0.05) is 22.7 Å². The van der Waals surface area contributed by atoms with E-state index >= 15 is 0 Å². The molecular formula is C26H27NO4. The average molecular weight is 418 g/mol. The van der Waals surface area contributed by atoms with Crippen molar-refractivity contribution in [2.24, 2.45) is 0 Å². The lowest BCUT2D eigenvalue weighted by atomic mass is 10.1. The van der Waals surface area contributed by atoms with Crippen molar-refractivity contribution in [1.82, 2.24) is 4.57 Å². The molecule has 160 valence electrons. The third-order valence-corrected chi connectivity index (χ3v) is 4.88. The summed E-state index contributed by atoms with van der Waals surface area (Å²) in [6.45, 7) is 8.37. The van der Waals surface area contributed by atoms with Gasteiger partial charge in [-0.1, -0.05) is 38.1 Å². The first kappa shape index (κ1) is 22.1. The summed E-state index contributed by atoms with van der Waals surface area (Å²) in [5.74, 6) is 0.208. The summed E-state index contributed by atoms with van der Waals surface area (Å²) in [7, 11) is 0. The quantitative estimate of drug-likeness (QED) is 0.198. The molecule has 5 heteroatoms. The molecule has 0 unspecified atom stereocenters.